The summed E-state index contributed by atoms with van der Waals surface area (Å²) in [7, 11) is -3.70. The number of benzene rings is 2. The number of rotatable bonds is 8. The van der Waals surface area contributed by atoms with Crippen LogP contribution < -0.4 is 14.9 Å². The van der Waals surface area contributed by atoms with Crippen molar-refractivity contribution in [2.75, 3.05) is 22.4 Å². The van der Waals surface area contributed by atoms with Gasteiger partial charge in [0.2, 0.25) is 15.9 Å². The second kappa shape index (κ2) is 9.89. The maximum Gasteiger partial charge on any atom is 0.253 e. The average Bonchev–Trinajstić information content (AvgIpc) is 2.65. The van der Waals surface area contributed by atoms with Gasteiger partial charge in [0.05, 0.1) is 23.2 Å². The van der Waals surface area contributed by atoms with Crippen LogP contribution in [0.4, 0.5) is 11.4 Å². The Balaban J connectivity index is 2.22. The van der Waals surface area contributed by atoms with Gasteiger partial charge >= 0.3 is 0 Å². The molecule has 2 aromatic rings. The lowest BCUT2D eigenvalue weighted by Gasteiger charge is -2.22. The maximum atomic E-state index is 12.6. The molecule has 2 N–H and O–H groups in total. The van der Waals surface area contributed by atoms with Crippen LogP contribution in [-0.4, -0.2) is 39.1 Å². The van der Waals surface area contributed by atoms with Gasteiger partial charge in [-0.3, -0.25) is 13.9 Å². The van der Waals surface area contributed by atoms with Crippen molar-refractivity contribution in [2.24, 2.45) is 0 Å². The van der Waals surface area contributed by atoms with Crippen LogP contribution in [0.1, 0.15) is 30.6 Å². The number of carbonyl (C=O) groups is 2. The van der Waals surface area contributed by atoms with Gasteiger partial charge in [0.25, 0.3) is 5.91 Å². The summed E-state index contributed by atoms with van der Waals surface area (Å²) in [5.41, 5.74) is 0.996. The Hall–Kier alpha value is -2.39. The van der Waals surface area contributed by atoms with E-state index < -0.39 is 22.5 Å². The molecule has 156 valence electrons. The number of hydrogen-bond acceptors (Lipinski definition) is 4. The van der Waals surface area contributed by atoms with Gasteiger partial charge in [-0.1, -0.05) is 41.1 Å². The van der Waals surface area contributed by atoms with Crippen LogP contribution >= 0.6 is 15.9 Å². The van der Waals surface area contributed by atoms with Gasteiger partial charge in [0, 0.05) is 10.5 Å². The number of carbonyl (C=O) groups excluding carboxylic acids is 2. The summed E-state index contributed by atoms with van der Waals surface area (Å²) < 4.78 is 26.2. The zero-order chi connectivity index (χ0) is 21.6. The molecule has 9 heteroatoms. The number of sulfonamides is 1. The van der Waals surface area contributed by atoms with Crippen LogP contribution in [0.25, 0.3) is 0 Å². The monoisotopic (exact) mass is 481 g/mol. The van der Waals surface area contributed by atoms with E-state index in [4.69, 9.17) is 0 Å². The number of nitrogens with zero attached hydrogens (tertiary/aromatic N) is 1. The maximum absolute atomic E-state index is 12.6. The van der Waals surface area contributed by atoms with Crippen molar-refractivity contribution in [3.05, 3.63) is 58.6 Å². The second-order valence-corrected chi connectivity index (χ2v) is 9.45. The number of nitrogens with one attached hydrogen (secondary N) is 2. The normalized spacial score (nSPS) is 12.1. The van der Waals surface area contributed by atoms with E-state index in [-0.39, 0.29) is 11.9 Å². The lowest BCUT2D eigenvalue weighted by molar-refractivity contribution is -0.114. The van der Waals surface area contributed by atoms with E-state index in [0.29, 0.717) is 21.4 Å². The molecular formula is C20H24BrN3O4S. The van der Waals surface area contributed by atoms with Crippen molar-refractivity contribution in [3.63, 3.8) is 0 Å². The topological polar surface area (TPSA) is 95.6 Å². The SMILES string of the molecule is CC[C@H](C)NC(=O)c1ccccc1NC(=O)CN(c1cccc(Br)c1)S(C)(=O)=O. The lowest BCUT2D eigenvalue weighted by atomic mass is 10.1. The molecule has 0 aromatic heterocycles. The highest BCUT2D eigenvalue weighted by Gasteiger charge is 2.22. The number of anilines is 2. The molecule has 29 heavy (non-hydrogen) atoms. The molecule has 0 bridgehead atoms. The molecule has 0 radical (unpaired) electrons. The first kappa shape index (κ1) is 22.9. The molecule has 0 unspecified atom stereocenters. The van der Waals surface area contributed by atoms with Gasteiger partial charge in [0.15, 0.2) is 0 Å². The molecular weight excluding hydrogens is 458 g/mol. The molecule has 0 saturated carbocycles. The largest absolute Gasteiger partial charge is 0.350 e. The zero-order valence-corrected chi connectivity index (χ0v) is 18.9. The summed E-state index contributed by atoms with van der Waals surface area (Å²) >= 11 is 3.30. The van der Waals surface area contributed by atoms with E-state index in [1.165, 1.54) is 0 Å². The number of halogens is 1. The highest BCUT2D eigenvalue weighted by atomic mass is 79.9. The highest BCUT2D eigenvalue weighted by molar-refractivity contribution is 9.10. The van der Waals surface area contributed by atoms with Gasteiger partial charge in [-0.2, -0.15) is 0 Å². The van der Waals surface area contributed by atoms with Crippen LogP contribution in [0.5, 0.6) is 0 Å². The molecule has 0 aliphatic rings. The number of hydrogen-bond donors (Lipinski definition) is 2. The van der Waals surface area contributed by atoms with Gasteiger partial charge in [-0.15, -0.1) is 0 Å². The Morgan fingerprint density at radius 1 is 1.14 bits per heavy atom. The Kier molecular flexibility index (Phi) is 7.80. The van der Waals surface area contributed by atoms with Crippen molar-refractivity contribution in [3.8, 4) is 0 Å². The lowest BCUT2D eigenvalue weighted by Crippen LogP contribution is -2.38. The fourth-order valence-corrected chi connectivity index (χ4v) is 3.78. The van der Waals surface area contributed by atoms with Gasteiger partial charge in [-0.25, -0.2) is 8.42 Å². The Morgan fingerprint density at radius 3 is 2.45 bits per heavy atom. The van der Waals surface area contributed by atoms with Crippen molar-refractivity contribution in [1.82, 2.24) is 5.32 Å². The molecule has 2 amide bonds. The van der Waals surface area contributed by atoms with Gasteiger partial charge < -0.3 is 10.6 Å². The van der Waals surface area contributed by atoms with E-state index in [0.717, 1.165) is 17.0 Å². The minimum absolute atomic E-state index is 0.0106. The van der Waals surface area contributed by atoms with Crippen molar-refractivity contribution < 1.29 is 18.0 Å². The van der Waals surface area contributed by atoms with Crippen LogP contribution in [0.3, 0.4) is 0 Å². The average molecular weight is 482 g/mol. The summed E-state index contributed by atoms with van der Waals surface area (Å²) in [5.74, 6) is -0.860. The molecule has 0 saturated heterocycles. The van der Waals surface area contributed by atoms with Crippen LogP contribution in [0.15, 0.2) is 53.0 Å². The first-order valence-corrected chi connectivity index (χ1v) is 11.7. The smallest absolute Gasteiger partial charge is 0.253 e. The molecule has 2 aromatic carbocycles. The van der Waals surface area contributed by atoms with E-state index in [9.17, 15) is 18.0 Å². The van der Waals surface area contributed by atoms with Crippen LogP contribution in [0.2, 0.25) is 0 Å². The molecule has 0 aliphatic heterocycles. The number of amides is 2. The third-order valence-electron chi connectivity index (χ3n) is 4.22. The van der Waals surface area contributed by atoms with Crippen LogP contribution in [-0.2, 0) is 14.8 Å². The molecule has 7 nitrogen and oxygen atoms in total. The quantitative estimate of drug-likeness (QED) is 0.603. The fourth-order valence-electron chi connectivity index (χ4n) is 2.55. The summed E-state index contributed by atoms with van der Waals surface area (Å²) in [6.07, 6.45) is 1.81. The second-order valence-electron chi connectivity index (χ2n) is 6.63. The zero-order valence-electron chi connectivity index (χ0n) is 16.5. The summed E-state index contributed by atoms with van der Waals surface area (Å²) in [6.45, 7) is 3.43. The third kappa shape index (κ3) is 6.57. The predicted octanol–water partition coefficient (Wildman–Crippen LogP) is 3.38. The Morgan fingerprint density at radius 2 is 1.83 bits per heavy atom. The predicted molar refractivity (Wildman–Crippen MR) is 119 cm³/mol. The summed E-state index contributed by atoms with van der Waals surface area (Å²) in [4.78, 5) is 25.1. The first-order valence-electron chi connectivity index (χ1n) is 9.04. The first-order chi connectivity index (χ1) is 13.6. The van der Waals surface area contributed by atoms with Gasteiger partial charge in [0.1, 0.15) is 6.54 Å². The van der Waals surface area contributed by atoms with E-state index in [1.54, 1.807) is 48.5 Å². The molecule has 1 atom stereocenters. The fraction of sp³-hybridized carbons (Fsp3) is 0.300. The van der Waals surface area contributed by atoms with Crippen molar-refractivity contribution >= 4 is 49.1 Å². The van der Waals surface area contributed by atoms with Crippen LogP contribution in [0, 0.1) is 0 Å². The Labute approximate surface area is 179 Å². The number of para-hydroxylation sites is 1. The van der Waals surface area contributed by atoms with E-state index in [2.05, 4.69) is 26.6 Å². The Bertz CT molecular complexity index is 995. The molecule has 0 heterocycles. The third-order valence-corrected chi connectivity index (χ3v) is 5.85. The van der Waals surface area contributed by atoms with Crippen molar-refractivity contribution in [1.29, 1.82) is 0 Å². The minimum atomic E-state index is -3.70. The summed E-state index contributed by atoms with van der Waals surface area (Å²) in [6, 6.07) is 13.3. The summed E-state index contributed by atoms with van der Waals surface area (Å²) in [5, 5.41) is 5.51. The molecule has 0 aliphatic carbocycles. The minimum Gasteiger partial charge on any atom is -0.350 e. The van der Waals surface area contributed by atoms with Crippen molar-refractivity contribution in [2.45, 2.75) is 26.3 Å². The highest BCUT2D eigenvalue weighted by Crippen LogP contribution is 2.22. The van der Waals surface area contributed by atoms with Gasteiger partial charge in [-0.05, 0) is 43.7 Å². The standard InChI is InChI=1S/C20H24BrN3O4S/c1-4-14(2)22-20(26)17-10-5-6-11-18(17)23-19(25)13-24(29(3,27)28)16-9-7-8-15(21)12-16/h5-12,14H,4,13H2,1-3H3,(H,22,26)(H,23,25)/t14-/m0/s1. The molecule has 0 spiro atoms. The van der Waals surface area contributed by atoms with E-state index >= 15 is 0 Å². The molecule has 0 fully saturated rings. The van der Waals surface area contributed by atoms with E-state index in [1.807, 2.05) is 13.8 Å². The molecule has 2 rings (SSSR count).